The van der Waals surface area contributed by atoms with Crippen LogP contribution in [0.15, 0.2) is 29.4 Å². The number of fused-ring (bicyclic) bond motifs is 3. The van der Waals surface area contributed by atoms with Crippen molar-refractivity contribution in [2.75, 3.05) is 5.75 Å². The van der Waals surface area contributed by atoms with Crippen molar-refractivity contribution in [3.05, 3.63) is 24.3 Å². The Balaban J connectivity index is 1.77. The maximum absolute atomic E-state index is 12.2. The van der Waals surface area contributed by atoms with Crippen molar-refractivity contribution in [2.45, 2.75) is 31.5 Å². The number of carbonyl (C=O) groups is 1. The van der Waals surface area contributed by atoms with Crippen LogP contribution < -0.4 is 5.32 Å². The van der Waals surface area contributed by atoms with E-state index >= 15 is 0 Å². The van der Waals surface area contributed by atoms with Crippen LogP contribution in [0.25, 0.3) is 15.2 Å². The van der Waals surface area contributed by atoms with Gasteiger partial charge in [0.15, 0.2) is 5.16 Å². The van der Waals surface area contributed by atoms with Crippen molar-refractivity contribution in [1.82, 2.24) is 19.9 Å². The minimum atomic E-state index is -0.868. The first-order chi connectivity index (χ1) is 11.4. The van der Waals surface area contributed by atoms with Crippen molar-refractivity contribution in [1.29, 1.82) is 5.26 Å². The number of nitrogens with one attached hydrogen (secondary N) is 1. The van der Waals surface area contributed by atoms with Crippen LogP contribution in [0.3, 0.4) is 0 Å². The van der Waals surface area contributed by atoms with E-state index < -0.39 is 5.54 Å². The molecule has 1 amide bonds. The number of nitrogens with zero attached hydrogens (tertiary/aromatic N) is 4. The first-order valence-corrected chi connectivity index (χ1v) is 9.32. The third-order valence-corrected chi connectivity index (χ3v) is 5.97. The van der Waals surface area contributed by atoms with Crippen LogP contribution in [-0.4, -0.2) is 31.8 Å². The van der Waals surface area contributed by atoms with Crippen LogP contribution >= 0.6 is 23.1 Å². The lowest BCUT2D eigenvalue weighted by Gasteiger charge is -2.27. The topological polar surface area (TPSA) is 83.1 Å². The SMILES string of the molecule is CC(C)[C@](C)(C#N)NC(=O)CSc1nnc2sc3ccccc3n12. The van der Waals surface area contributed by atoms with E-state index in [0.29, 0.717) is 5.16 Å². The number of amides is 1. The summed E-state index contributed by atoms with van der Waals surface area (Å²) in [5.41, 5.74) is 0.168. The van der Waals surface area contributed by atoms with Crippen molar-refractivity contribution < 1.29 is 4.79 Å². The molecule has 0 radical (unpaired) electrons. The molecule has 0 unspecified atom stereocenters. The lowest BCUT2D eigenvalue weighted by molar-refractivity contribution is -0.120. The fraction of sp³-hybridized carbons (Fsp3) is 0.375. The molecule has 3 aromatic rings. The Kier molecular flexibility index (Phi) is 4.47. The molecule has 0 saturated carbocycles. The van der Waals surface area contributed by atoms with E-state index in [1.54, 1.807) is 18.3 Å². The van der Waals surface area contributed by atoms with Crippen LogP contribution in [0.5, 0.6) is 0 Å². The number of aromatic nitrogens is 3. The fourth-order valence-electron chi connectivity index (χ4n) is 2.21. The number of nitriles is 1. The molecule has 0 aliphatic heterocycles. The molecule has 3 rings (SSSR count). The number of para-hydroxylation sites is 1. The van der Waals surface area contributed by atoms with Crippen molar-refractivity contribution in [2.24, 2.45) is 5.92 Å². The van der Waals surface area contributed by atoms with Gasteiger partial charge < -0.3 is 5.32 Å². The molecule has 6 nitrogen and oxygen atoms in total. The minimum absolute atomic E-state index is 0.0251. The normalized spacial score (nSPS) is 14.0. The first kappa shape index (κ1) is 16.7. The maximum atomic E-state index is 12.2. The zero-order valence-electron chi connectivity index (χ0n) is 13.6. The van der Waals surface area contributed by atoms with Gasteiger partial charge in [-0.05, 0) is 25.0 Å². The second-order valence-electron chi connectivity index (χ2n) is 5.98. The van der Waals surface area contributed by atoms with Crippen LogP contribution in [0, 0.1) is 17.2 Å². The van der Waals surface area contributed by atoms with Gasteiger partial charge in [0, 0.05) is 0 Å². The van der Waals surface area contributed by atoms with E-state index in [1.165, 1.54) is 11.8 Å². The molecule has 0 aliphatic carbocycles. The number of thiazole rings is 1. The summed E-state index contributed by atoms with van der Waals surface area (Å²) < 4.78 is 3.09. The molecule has 124 valence electrons. The van der Waals surface area contributed by atoms with Crippen LogP contribution in [0.1, 0.15) is 20.8 Å². The Labute approximate surface area is 147 Å². The van der Waals surface area contributed by atoms with Crippen LogP contribution in [-0.2, 0) is 4.79 Å². The highest BCUT2D eigenvalue weighted by molar-refractivity contribution is 7.99. The van der Waals surface area contributed by atoms with Gasteiger partial charge in [0.2, 0.25) is 10.9 Å². The van der Waals surface area contributed by atoms with Gasteiger partial charge in [0.1, 0.15) is 5.54 Å². The molecule has 24 heavy (non-hydrogen) atoms. The zero-order chi connectivity index (χ0) is 17.3. The number of rotatable bonds is 5. The first-order valence-electron chi connectivity index (χ1n) is 7.52. The summed E-state index contributed by atoms with van der Waals surface area (Å²) in [5.74, 6) is 0.0284. The molecule has 1 aromatic carbocycles. The smallest absolute Gasteiger partial charge is 0.231 e. The predicted octanol–water partition coefficient (Wildman–Crippen LogP) is 3.09. The molecule has 2 heterocycles. The molecular weight excluding hydrogens is 342 g/mol. The highest BCUT2D eigenvalue weighted by Gasteiger charge is 2.30. The summed E-state index contributed by atoms with van der Waals surface area (Å²) in [6.45, 7) is 5.56. The van der Waals surface area contributed by atoms with Gasteiger partial charge in [0.05, 0.1) is 22.0 Å². The Bertz CT molecular complexity index is 939. The van der Waals surface area contributed by atoms with Gasteiger partial charge in [-0.3, -0.25) is 9.20 Å². The Morgan fingerprint density at radius 3 is 2.92 bits per heavy atom. The summed E-state index contributed by atoms with van der Waals surface area (Å²) in [7, 11) is 0. The molecule has 0 bridgehead atoms. The van der Waals surface area contributed by atoms with Gasteiger partial charge in [-0.1, -0.05) is 49.1 Å². The van der Waals surface area contributed by atoms with Crippen LogP contribution in [0.2, 0.25) is 0 Å². The largest absolute Gasteiger partial charge is 0.337 e. The molecule has 8 heteroatoms. The van der Waals surface area contributed by atoms with Gasteiger partial charge >= 0.3 is 0 Å². The molecule has 0 aliphatic rings. The highest BCUT2D eigenvalue weighted by atomic mass is 32.2. The van der Waals surface area contributed by atoms with Gasteiger partial charge in [-0.15, -0.1) is 10.2 Å². The van der Waals surface area contributed by atoms with Crippen molar-refractivity contribution >= 4 is 44.2 Å². The van der Waals surface area contributed by atoms with Gasteiger partial charge in [-0.2, -0.15) is 5.26 Å². The molecule has 1 atom stereocenters. The van der Waals surface area contributed by atoms with E-state index in [-0.39, 0.29) is 17.6 Å². The summed E-state index contributed by atoms with van der Waals surface area (Å²) in [5, 5.41) is 21.1. The second kappa shape index (κ2) is 6.42. The van der Waals surface area contributed by atoms with E-state index in [0.717, 1.165) is 15.2 Å². The Hall–Kier alpha value is -2.11. The monoisotopic (exact) mass is 359 g/mol. The van der Waals surface area contributed by atoms with E-state index in [9.17, 15) is 10.1 Å². The fourth-order valence-corrected chi connectivity index (χ4v) is 3.97. The Morgan fingerprint density at radius 2 is 2.21 bits per heavy atom. The van der Waals surface area contributed by atoms with Crippen LogP contribution in [0.4, 0.5) is 0 Å². The number of hydrogen-bond acceptors (Lipinski definition) is 6. The van der Waals surface area contributed by atoms with E-state index in [2.05, 4.69) is 21.6 Å². The molecule has 0 fully saturated rings. The third kappa shape index (κ3) is 2.97. The molecule has 1 N–H and O–H groups in total. The zero-order valence-corrected chi connectivity index (χ0v) is 15.2. The lowest BCUT2D eigenvalue weighted by atomic mass is 9.90. The number of benzene rings is 1. The van der Waals surface area contributed by atoms with Crippen molar-refractivity contribution in [3.8, 4) is 6.07 Å². The second-order valence-corrected chi connectivity index (χ2v) is 7.93. The molecule has 0 saturated heterocycles. The molecule has 2 aromatic heterocycles. The highest BCUT2D eigenvalue weighted by Crippen LogP contribution is 2.29. The quantitative estimate of drug-likeness (QED) is 0.708. The van der Waals surface area contributed by atoms with E-state index in [1.807, 2.05) is 42.5 Å². The van der Waals surface area contributed by atoms with Crippen molar-refractivity contribution in [3.63, 3.8) is 0 Å². The summed E-state index contributed by atoms with van der Waals surface area (Å²) in [6.07, 6.45) is 0. The Morgan fingerprint density at radius 1 is 1.46 bits per heavy atom. The predicted molar refractivity (Wildman–Crippen MR) is 96.1 cm³/mol. The summed E-state index contributed by atoms with van der Waals surface area (Å²) >= 11 is 2.89. The average molecular weight is 359 g/mol. The summed E-state index contributed by atoms with van der Waals surface area (Å²) in [4.78, 5) is 13.0. The lowest BCUT2D eigenvalue weighted by Crippen LogP contribution is -2.49. The molecular formula is C16H17N5OS2. The average Bonchev–Trinajstić information content (AvgIpc) is 3.11. The standard InChI is InChI=1S/C16H17N5OS2/c1-10(2)16(3,9-17)18-13(22)8-23-14-19-20-15-21(14)11-6-4-5-7-12(11)24-15/h4-7,10H,8H2,1-3H3,(H,18,22)/t16-/m0/s1. The minimum Gasteiger partial charge on any atom is -0.337 e. The number of hydrogen-bond donors (Lipinski definition) is 1. The third-order valence-electron chi connectivity index (χ3n) is 4.03. The number of thioether (sulfide) groups is 1. The van der Waals surface area contributed by atoms with Gasteiger partial charge in [-0.25, -0.2) is 0 Å². The molecule has 0 spiro atoms. The maximum Gasteiger partial charge on any atom is 0.231 e. The van der Waals surface area contributed by atoms with Gasteiger partial charge in [0.25, 0.3) is 0 Å². The van der Waals surface area contributed by atoms with E-state index in [4.69, 9.17) is 0 Å². The summed E-state index contributed by atoms with van der Waals surface area (Å²) in [6, 6.07) is 10.2. The number of carbonyl (C=O) groups excluding carboxylic acids is 1.